The standard InChI is InChI=1S/C14H21N3O3/c1-10(2)12(13(18)19)9-17-14(20)16-8-5-11-3-6-15-7-4-11/h3-4,6-7,10,12H,5,8-9H2,1-2H3,(H,18,19)(H2,16,17,20). The van der Waals surface area contributed by atoms with Gasteiger partial charge in [-0.05, 0) is 30.0 Å². The maximum atomic E-state index is 11.6. The van der Waals surface area contributed by atoms with Gasteiger partial charge in [0.05, 0.1) is 5.92 Å². The van der Waals surface area contributed by atoms with Crippen molar-refractivity contribution < 1.29 is 14.7 Å². The van der Waals surface area contributed by atoms with Crippen LogP contribution in [0.1, 0.15) is 19.4 Å². The molecule has 20 heavy (non-hydrogen) atoms. The summed E-state index contributed by atoms with van der Waals surface area (Å²) in [5.74, 6) is -1.48. The number of carboxylic acids is 1. The number of nitrogens with one attached hydrogen (secondary N) is 2. The summed E-state index contributed by atoms with van der Waals surface area (Å²) in [6, 6.07) is 3.43. The molecule has 1 atom stereocenters. The van der Waals surface area contributed by atoms with E-state index in [2.05, 4.69) is 15.6 Å². The van der Waals surface area contributed by atoms with Crippen LogP contribution in [0.4, 0.5) is 4.79 Å². The zero-order chi connectivity index (χ0) is 15.0. The molecule has 1 rings (SSSR count). The number of hydrogen-bond donors (Lipinski definition) is 3. The molecular weight excluding hydrogens is 258 g/mol. The van der Waals surface area contributed by atoms with Crippen LogP contribution in [0, 0.1) is 11.8 Å². The van der Waals surface area contributed by atoms with Gasteiger partial charge in [0.15, 0.2) is 0 Å². The van der Waals surface area contributed by atoms with Gasteiger partial charge in [-0.1, -0.05) is 13.8 Å². The van der Waals surface area contributed by atoms with Gasteiger partial charge in [0.1, 0.15) is 0 Å². The fourth-order valence-electron chi connectivity index (χ4n) is 1.74. The van der Waals surface area contributed by atoms with E-state index in [1.165, 1.54) is 0 Å². The van der Waals surface area contributed by atoms with Crippen molar-refractivity contribution in [1.29, 1.82) is 0 Å². The van der Waals surface area contributed by atoms with E-state index < -0.39 is 11.9 Å². The van der Waals surface area contributed by atoms with Crippen LogP contribution in [0.15, 0.2) is 24.5 Å². The van der Waals surface area contributed by atoms with Crippen LogP contribution < -0.4 is 10.6 Å². The molecule has 110 valence electrons. The first-order valence-corrected chi connectivity index (χ1v) is 6.64. The molecule has 0 aliphatic carbocycles. The van der Waals surface area contributed by atoms with Gasteiger partial charge in [0, 0.05) is 25.5 Å². The average molecular weight is 279 g/mol. The summed E-state index contributed by atoms with van der Waals surface area (Å²) in [6.07, 6.45) is 4.12. The molecule has 3 N–H and O–H groups in total. The van der Waals surface area contributed by atoms with Gasteiger partial charge in [-0.25, -0.2) is 4.79 Å². The first-order valence-electron chi connectivity index (χ1n) is 6.64. The largest absolute Gasteiger partial charge is 0.481 e. The van der Waals surface area contributed by atoms with E-state index in [-0.39, 0.29) is 18.5 Å². The Bertz CT molecular complexity index is 435. The number of carbonyl (C=O) groups excluding carboxylic acids is 1. The summed E-state index contributed by atoms with van der Waals surface area (Å²) in [7, 11) is 0. The maximum Gasteiger partial charge on any atom is 0.314 e. The number of carboxylic acid groups (broad SMARTS) is 1. The molecule has 6 nitrogen and oxygen atoms in total. The van der Waals surface area contributed by atoms with Crippen LogP contribution in [0.3, 0.4) is 0 Å². The number of aromatic nitrogens is 1. The number of amides is 2. The van der Waals surface area contributed by atoms with E-state index in [1.807, 2.05) is 26.0 Å². The third kappa shape index (κ3) is 5.69. The van der Waals surface area contributed by atoms with Crippen molar-refractivity contribution in [1.82, 2.24) is 15.6 Å². The number of nitrogens with zero attached hydrogens (tertiary/aromatic N) is 1. The van der Waals surface area contributed by atoms with E-state index in [0.29, 0.717) is 13.0 Å². The highest BCUT2D eigenvalue weighted by Gasteiger charge is 2.21. The predicted molar refractivity (Wildman–Crippen MR) is 75.3 cm³/mol. The Hall–Kier alpha value is -2.11. The molecule has 0 saturated heterocycles. The lowest BCUT2D eigenvalue weighted by molar-refractivity contribution is -0.142. The molecule has 0 saturated carbocycles. The van der Waals surface area contributed by atoms with Gasteiger partial charge in [0.25, 0.3) is 0 Å². The molecule has 0 radical (unpaired) electrons. The molecule has 0 bridgehead atoms. The minimum absolute atomic E-state index is 0.0235. The average Bonchev–Trinajstić information content (AvgIpc) is 2.39. The predicted octanol–water partition coefficient (Wildman–Crippen LogP) is 1.28. The lowest BCUT2D eigenvalue weighted by atomic mass is 9.96. The van der Waals surface area contributed by atoms with Gasteiger partial charge in [-0.15, -0.1) is 0 Å². The zero-order valence-electron chi connectivity index (χ0n) is 11.8. The second-order valence-corrected chi connectivity index (χ2v) is 4.93. The Morgan fingerprint density at radius 2 is 1.90 bits per heavy atom. The van der Waals surface area contributed by atoms with Crippen molar-refractivity contribution >= 4 is 12.0 Å². The molecule has 1 heterocycles. The molecule has 1 unspecified atom stereocenters. The third-order valence-corrected chi connectivity index (χ3v) is 3.05. The van der Waals surface area contributed by atoms with Crippen molar-refractivity contribution in [3.63, 3.8) is 0 Å². The van der Waals surface area contributed by atoms with Crippen molar-refractivity contribution in [2.45, 2.75) is 20.3 Å². The van der Waals surface area contributed by atoms with Crippen molar-refractivity contribution in [2.24, 2.45) is 11.8 Å². The molecule has 1 aromatic rings. The van der Waals surface area contributed by atoms with Gasteiger partial charge >= 0.3 is 12.0 Å². The first kappa shape index (κ1) is 15.9. The summed E-state index contributed by atoms with van der Waals surface area (Å²) < 4.78 is 0. The van der Waals surface area contributed by atoms with Crippen LogP contribution >= 0.6 is 0 Å². The van der Waals surface area contributed by atoms with Crippen LogP contribution in [-0.2, 0) is 11.2 Å². The summed E-state index contributed by atoms with van der Waals surface area (Å²) in [4.78, 5) is 26.4. The molecule has 0 aromatic carbocycles. The highest BCUT2D eigenvalue weighted by molar-refractivity contribution is 5.75. The normalized spacial score (nSPS) is 11.9. The highest BCUT2D eigenvalue weighted by Crippen LogP contribution is 2.09. The molecule has 0 spiro atoms. The Morgan fingerprint density at radius 3 is 2.45 bits per heavy atom. The SMILES string of the molecule is CC(C)C(CNC(=O)NCCc1ccncc1)C(=O)O. The smallest absolute Gasteiger partial charge is 0.314 e. The van der Waals surface area contributed by atoms with Gasteiger partial charge < -0.3 is 15.7 Å². The second-order valence-electron chi connectivity index (χ2n) is 4.93. The number of rotatable bonds is 7. The van der Waals surface area contributed by atoms with E-state index in [9.17, 15) is 9.59 Å². The van der Waals surface area contributed by atoms with Crippen molar-refractivity contribution in [3.8, 4) is 0 Å². The van der Waals surface area contributed by atoms with Crippen LogP contribution in [0.2, 0.25) is 0 Å². The Balaban J connectivity index is 2.25. The highest BCUT2D eigenvalue weighted by atomic mass is 16.4. The minimum atomic E-state index is -0.892. The summed E-state index contributed by atoms with van der Waals surface area (Å²) >= 11 is 0. The van der Waals surface area contributed by atoms with E-state index >= 15 is 0 Å². The molecule has 0 aliphatic rings. The monoisotopic (exact) mass is 279 g/mol. The quantitative estimate of drug-likeness (QED) is 0.701. The third-order valence-electron chi connectivity index (χ3n) is 3.05. The van der Waals surface area contributed by atoms with Gasteiger partial charge in [-0.2, -0.15) is 0 Å². The summed E-state index contributed by atoms with van der Waals surface area (Å²) in [5, 5.41) is 14.3. The second kappa shape index (κ2) is 8.14. The number of aliphatic carboxylic acids is 1. The Labute approximate surface area is 118 Å². The van der Waals surface area contributed by atoms with Crippen molar-refractivity contribution in [3.05, 3.63) is 30.1 Å². The fraction of sp³-hybridized carbons (Fsp3) is 0.500. The zero-order valence-corrected chi connectivity index (χ0v) is 11.8. The number of hydrogen-bond acceptors (Lipinski definition) is 3. The molecule has 0 aliphatic heterocycles. The number of urea groups is 1. The Kier molecular flexibility index (Phi) is 6.49. The number of pyridine rings is 1. The lowest BCUT2D eigenvalue weighted by Gasteiger charge is -2.16. The van der Waals surface area contributed by atoms with E-state index in [4.69, 9.17) is 5.11 Å². The van der Waals surface area contributed by atoms with Crippen molar-refractivity contribution in [2.75, 3.05) is 13.1 Å². The first-order chi connectivity index (χ1) is 9.50. The molecule has 2 amide bonds. The fourth-order valence-corrected chi connectivity index (χ4v) is 1.74. The number of carbonyl (C=O) groups is 2. The molecular formula is C14H21N3O3. The Morgan fingerprint density at radius 1 is 1.25 bits per heavy atom. The van der Waals surface area contributed by atoms with E-state index in [0.717, 1.165) is 5.56 Å². The molecule has 1 aromatic heterocycles. The molecule has 0 fully saturated rings. The van der Waals surface area contributed by atoms with Crippen LogP contribution in [0.25, 0.3) is 0 Å². The van der Waals surface area contributed by atoms with Crippen LogP contribution in [0.5, 0.6) is 0 Å². The van der Waals surface area contributed by atoms with Gasteiger partial charge in [-0.3, -0.25) is 9.78 Å². The lowest BCUT2D eigenvalue weighted by Crippen LogP contribution is -2.41. The molecule has 6 heteroatoms. The van der Waals surface area contributed by atoms with Gasteiger partial charge in [0.2, 0.25) is 0 Å². The van der Waals surface area contributed by atoms with E-state index in [1.54, 1.807) is 12.4 Å². The minimum Gasteiger partial charge on any atom is -0.481 e. The maximum absolute atomic E-state index is 11.6. The topological polar surface area (TPSA) is 91.3 Å². The van der Waals surface area contributed by atoms with Crippen LogP contribution in [-0.4, -0.2) is 35.2 Å². The summed E-state index contributed by atoms with van der Waals surface area (Å²) in [5.41, 5.74) is 1.09. The summed E-state index contributed by atoms with van der Waals surface area (Å²) in [6.45, 7) is 4.27.